The van der Waals surface area contributed by atoms with Gasteiger partial charge in [0.15, 0.2) is 0 Å². The zero-order valence-electron chi connectivity index (χ0n) is 7.38. The van der Waals surface area contributed by atoms with Crippen LogP contribution in [0.15, 0.2) is 23.8 Å². The zero-order chi connectivity index (χ0) is 8.81. The van der Waals surface area contributed by atoms with Gasteiger partial charge in [-0.25, -0.2) is 0 Å². The molecule has 0 aromatic carbocycles. The van der Waals surface area contributed by atoms with Crippen molar-refractivity contribution in [1.29, 1.82) is 0 Å². The maximum Gasteiger partial charge on any atom is 0.302 e. The summed E-state index contributed by atoms with van der Waals surface area (Å²) >= 11 is 0. The van der Waals surface area contributed by atoms with Crippen molar-refractivity contribution in [2.24, 2.45) is 0 Å². The summed E-state index contributed by atoms with van der Waals surface area (Å²) in [6.07, 6.45) is 9.42. The highest BCUT2D eigenvalue weighted by Gasteiger charge is 2.00. The van der Waals surface area contributed by atoms with E-state index in [9.17, 15) is 4.79 Å². The van der Waals surface area contributed by atoms with E-state index in [4.69, 9.17) is 4.74 Å². The summed E-state index contributed by atoms with van der Waals surface area (Å²) in [5.41, 5.74) is 1.37. The fraction of sp³-hybridized carbons (Fsp3) is 0.500. The lowest BCUT2D eigenvalue weighted by molar-refractivity contribution is -0.140. The minimum atomic E-state index is -0.193. The molecule has 2 nitrogen and oxygen atoms in total. The summed E-state index contributed by atoms with van der Waals surface area (Å²) in [6, 6.07) is 0. The van der Waals surface area contributed by atoms with Gasteiger partial charge >= 0.3 is 5.97 Å². The second-order valence-electron chi connectivity index (χ2n) is 2.88. The van der Waals surface area contributed by atoms with Crippen LogP contribution < -0.4 is 0 Å². The number of hydrogen-bond acceptors (Lipinski definition) is 2. The second kappa shape index (κ2) is 4.75. The first-order valence-corrected chi connectivity index (χ1v) is 4.27. The van der Waals surface area contributed by atoms with E-state index in [1.807, 2.05) is 0 Å². The molecule has 0 atom stereocenters. The van der Waals surface area contributed by atoms with Crippen LogP contribution in [0.2, 0.25) is 0 Å². The largest absolute Gasteiger partial charge is 0.466 e. The van der Waals surface area contributed by atoms with Gasteiger partial charge < -0.3 is 4.74 Å². The maximum absolute atomic E-state index is 10.4. The number of ether oxygens (including phenoxy) is 1. The van der Waals surface area contributed by atoms with Crippen LogP contribution in [-0.2, 0) is 9.53 Å². The molecule has 0 aromatic heterocycles. The van der Waals surface area contributed by atoms with Gasteiger partial charge in [-0.1, -0.05) is 23.8 Å². The van der Waals surface area contributed by atoms with E-state index in [0.717, 1.165) is 19.3 Å². The van der Waals surface area contributed by atoms with Gasteiger partial charge in [-0.15, -0.1) is 0 Å². The van der Waals surface area contributed by atoms with Crippen molar-refractivity contribution in [2.75, 3.05) is 6.61 Å². The lowest BCUT2D eigenvalue weighted by Crippen LogP contribution is -2.02. The van der Waals surface area contributed by atoms with Crippen LogP contribution in [0.1, 0.15) is 26.2 Å². The Morgan fingerprint density at radius 1 is 1.67 bits per heavy atom. The van der Waals surface area contributed by atoms with Crippen LogP contribution in [0.4, 0.5) is 0 Å². The Morgan fingerprint density at radius 3 is 3.08 bits per heavy atom. The first kappa shape index (κ1) is 9.04. The minimum Gasteiger partial charge on any atom is -0.466 e. The SMILES string of the molecule is CC(=O)OCCC1=CC=CCC1. The molecule has 2 heteroatoms. The van der Waals surface area contributed by atoms with Crippen molar-refractivity contribution in [3.05, 3.63) is 23.8 Å². The number of allylic oxidation sites excluding steroid dienone is 3. The average Bonchev–Trinajstić information content (AvgIpc) is 2.05. The van der Waals surface area contributed by atoms with Gasteiger partial charge in [0.05, 0.1) is 6.61 Å². The standard InChI is InChI=1S/C10H14O2/c1-9(11)12-8-7-10-5-3-2-4-6-10/h2-3,5H,4,6-8H2,1H3. The van der Waals surface area contributed by atoms with Crippen molar-refractivity contribution < 1.29 is 9.53 Å². The fourth-order valence-electron chi connectivity index (χ4n) is 1.19. The smallest absolute Gasteiger partial charge is 0.302 e. The van der Waals surface area contributed by atoms with Crippen molar-refractivity contribution in [2.45, 2.75) is 26.2 Å². The van der Waals surface area contributed by atoms with E-state index < -0.39 is 0 Å². The third-order valence-electron chi connectivity index (χ3n) is 1.83. The molecule has 0 saturated carbocycles. The van der Waals surface area contributed by atoms with Crippen LogP contribution in [0, 0.1) is 0 Å². The third kappa shape index (κ3) is 3.37. The molecule has 1 aliphatic carbocycles. The molecule has 12 heavy (non-hydrogen) atoms. The minimum absolute atomic E-state index is 0.193. The first-order chi connectivity index (χ1) is 5.79. The van der Waals surface area contributed by atoms with Crippen LogP contribution in [-0.4, -0.2) is 12.6 Å². The number of rotatable bonds is 3. The topological polar surface area (TPSA) is 26.3 Å². The molecular weight excluding hydrogens is 152 g/mol. The van der Waals surface area contributed by atoms with E-state index in [1.54, 1.807) is 0 Å². The highest BCUT2D eigenvalue weighted by atomic mass is 16.5. The molecule has 0 amide bonds. The Morgan fingerprint density at radius 2 is 2.50 bits per heavy atom. The highest BCUT2D eigenvalue weighted by Crippen LogP contribution is 2.14. The molecule has 1 aliphatic rings. The van der Waals surface area contributed by atoms with Gasteiger partial charge in [0, 0.05) is 13.3 Å². The molecule has 0 bridgehead atoms. The second-order valence-corrected chi connectivity index (χ2v) is 2.88. The molecule has 0 unspecified atom stereocenters. The zero-order valence-corrected chi connectivity index (χ0v) is 7.38. The normalized spacial score (nSPS) is 15.6. The van der Waals surface area contributed by atoms with Crippen LogP contribution in [0.5, 0.6) is 0 Å². The highest BCUT2D eigenvalue weighted by molar-refractivity contribution is 5.65. The maximum atomic E-state index is 10.4. The molecule has 1 rings (SSSR count). The van der Waals surface area contributed by atoms with Crippen LogP contribution in [0.3, 0.4) is 0 Å². The summed E-state index contributed by atoms with van der Waals surface area (Å²) in [7, 11) is 0. The van der Waals surface area contributed by atoms with Crippen molar-refractivity contribution in [3.63, 3.8) is 0 Å². The Hall–Kier alpha value is -1.05. The van der Waals surface area contributed by atoms with Gasteiger partial charge in [-0.05, 0) is 12.8 Å². The fourth-order valence-corrected chi connectivity index (χ4v) is 1.19. The number of carbonyl (C=O) groups excluding carboxylic acids is 1. The van der Waals surface area contributed by atoms with E-state index in [0.29, 0.717) is 6.61 Å². The summed E-state index contributed by atoms with van der Waals surface area (Å²) in [4.78, 5) is 10.4. The number of hydrogen-bond donors (Lipinski definition) is 0. The van der Waals surface area contributed by atoms with E-state index in [1.165, 1.54) is 12.5 Å². The predicted octanol–water partition coefficient (Wildman–Crippen LogP) is 2.22. The predicted molar refractivity (Wildman–Crippen MR) is 47.7 cm³/mol. The molecule has 0 aromatic rings. The van der Waals surface area contributed by atoms with Crippen molar-refractivity contribution in [1.82, 2.24) is 0 Å². The van der Waals surface area contributed by atoms with Gasteiger partial charge in [0.2, 0.25) is 0 Å². The summed E-state index contributed by atoms with van der Waals surface area (Å²) < 4.78 is 4.84. The molecule has 0 N–H and O–H groups in total. The molecule has 0 aliphatic heterocycles. The Kier molecular flexibility index (Phi) is 3.58. The lowest BCUT2D eigenvalue weighted by atomic mass is 10.0. The van der Waals surface area contributed by atoms with Crippen LogP contribution in [0.25, 0.3) is 0 Å². The quantitative estimate of drug-likeness (QED) is 0.601. The molecule has 0 fully saturated rings. The summed E-state index contributed by atoms with van der Waals surface area (Å²) in [6.45, 7) is 1.96. The van der Waals surface area contributed by atoms with Crippen LogP contribution >= 0.6 is 0 Å². The summed E-state index contributed by atoms with van der Waals surface area (Å²) in [5.74, 6) is -0.193. The van der Waals surface area contributed by atoms with E-state index in [-0.39, 0.29) is 5.97 Å². The number of esters is 1. The molecular formula is C10H14O2. The van der Waals surface area contributed by atoms with E-state index >= 15 is 0 Å². The Labute approximate surface area is 72.9 Å². The third-order valence-corrected chi connectivity index (χ3v) is 1.83. The Bertz CT molecular complexity index is 214. The van der Waals surface area contributed by atoms with Crippen molar-refractivity contribution in [3.8, 4) is 0 Å². The van der Waals surface area contributed by atoms with Gasteiger partial charge in [-0.2, -0.15) is 0 Å². The molecule has 0 saturated heterocycles. The van der Waals surface area contributed by atoms with Gasteiger partial charge in [0.1, 0.15) is 0 Å². The van der Waals surface area contributed by atoms with Crippen molar-refractivity contribution >= 4 is 5.97 Å². The molecule has 0 spiro atoms. The Balaban J connectivity index is 2.18. The molecule has 66 valence electrons. The van der Waals surface area contributed by atoms with Gasteiger partial charge in [-0.3, -0.25) is 4.79 Å². The monoisotopic (exact) mass is 166 g/mol. The van der Waals surface area contributed by atoms with E-state index in [2.05, 4.69) is 18.2 Å². The first-order valence-electron chi connectivity index (χ1n) is 4.27. The number of carbonyl (C=O) groups is 1. The lowest BCUT2D eigenvalue weighted by Gasteiger charge is -2.08. The molecule has 0 heterocycles. The summed E-state index contributed by atoms with van der Waals surface area (Å²) in [5, 5.41) is 0. The van der Waals surface area contributed by atoms with Gasteiger partial charge in [0.25, 0.3) is 0 Å². The molecule has 0 radical (unpaired) electrons. The average molecular weight is 166 g/mol.